The first kappa shape index (κ1) is 19.9. The molecule has 1 amide bonds. The Morgan fingerprint density at radius 2 is 1.71 bits per heavy atom. The summed E-state index contributed by atoms with van der Waals surface area (Å²) in [6.45, 7) is 1.97. The standard InChI is InChI=1S/C20H16F3N3OS/c1-13-6-2-3-7-14(13)16-10-11-19(26-25-16)28-12-18(27)24-17-9-5-4-8-15(17)20(21,22)23/h2-11H,12H2,1H3,(H,24,27). The van der Waals surface area contributed by atoms with Gasteiger partial charge < -0.3 is 5.32 Å². The first-order valence-electron chi connectivity index (χ1n) is 8.33. The first-order chi connectivity index (χ1) is 13.3. The summed E-state index contributed by atoms with van der Waals surface area (Å²) in [6, 6.07) is 16.2. The molecule has 0 aliphatic rings. The molecule has 0 aliphatic carbocycles. The van der Waals surface area contributed by atoms with Gasteiger partial charge in [-0.15, -0.1) is 10.2 Å². The number of hydrogen-bond acceptors (Lipinski definition) is 4. The van der Waals surface area contributed by atoms with Gasteiger partial charge in [-0.1, -0.05) is 48.2 Å². The number of benzene rings is 2. The van der Waals surface area contributed by atoms with Gasteiger partial charge >= 0.3 is 6.18 Å². The van der Waals surface area contributed by atoms with Gasteiger partial charge in [-0.3, -0.25) is 4.79 Å². The third kappa shape index (κ3) is 4.89. The number of aryl methyl sites for hydroxylation is 1. The number of nitrogens with one attached hydrogen (secondary N) is 1. The van der Waals surface area contributed by atoms with Crippen LogP contribution in [0.25, 0.3) is 11.3 Å². The lowest BCUT2D eigenvalue weighted by atomic mass is 10.1. The molecular weight excluding hydrogens is 387 g/mol. The molecule has 0 aliphatic heterocycles. The molecule has 3 rings (SSSR count). The molecule has 144 valence electrons. The van der Waals surface area contributed by atoms with Crippen LogP contribution in [-0.4, -0.2) is 21.9 Å². The summed E-state index contributed by atoms with van der Waals surface area (Å²) >= 11 is 1.10. The number of hydrogen-bond donors (Lipinski definition) is 1. The summed E-state index contributed by atoms with van der Waals surface area (Å²) < 4.78 is 38.9. The molecule has 4 nitrogen and oxygen atoms in total. The molecule has 0 saturated carbocycles. The summed E-state index contributed by atoms with van der Waals surface area (Å²) in [4.78, 5) is 12.1. The summed E-state index contributed by atoms with van der Waals surface area (Å²) in [5.41, 5.74) is 1.61. The number of nitrogens with zero attached hydrogens (tertiary/aromatic N) is 2. The molecule has 0 radical (unpaired) electrons. The second-order valence-corrected chi connectivity index (χ2v) is 6.95. The van der Waals surface area contributed by atoms with E-state index in [0.717, 1.165) is 29.0 Å². The van der Waals surface area contributed by atoms with Gasteiger partial charge in [-0.25, -0.2) is 0 Å². The number of alkyl halides is 3. The van der Waals surface area contributed by atoms with Gasteiger partial charge in [0.05, 0.1) is 22.7 Å². The number of halogens is 3. The van der Waals surface area contributed by atoms with E-state index in [2.05, 4.69) is 15.5 Å². The number of carbonyl (C=O) groups is 1. The van der Waals surface area contributed by atoms with Crippen LogP contribution in [0.2, 0.25) is 0 Å². The maximum Gasteiger partial charge on any atom is 0.418 e. The zero-order chi connectivity index (χ0) is 20.1. The average molecular weight is 403 g/mol. The van der Waals surface area contributed by atoms with Crippen LogP contribution in [0.5, 0.6) is 0 Å². The van der Waals surface area contributed by atoms with Crippen LogP contribution in [0.1, 0.15) is 11.1 Å². The van der Waals surface area contributed by atoms with Crippen LogP contribution in [0, 0.1) is 6.92 Å². The highest BCUT2D eigenvalue weighted by Crippen LogP contribution is 2.34. The maximum atomic E-state index is 13.0. The van der Waals surface area contributed by atoms with Gasteiger partial charge in [0.15, 0.2) is 0 Å². The molecule has 28 heavy (non-hydrogen) atoms. The summed E-state index contributed by atoms with van der Waals surface area (Å²) in [6.07, 6.45) is -4.53. The van der Waals surface area contributed by atoms with Crippen molar-refractivity contribution >= 4 is 23.4 Å². The number of rotatable bonds is 5. The summed E-state index contributed by atoms with van der Waals surface area (Å²) in [5.74, 6) is -0.628. The van der Waals surface area contributed by atoms with Crippen molar-refractivity contribution in [3.63, 3.8) is 0 Å². The summed E-state index contributed by atoms with van der Waals surface area (Å²) in [5, 5.41) is 11.1. The molecule has 1 aromatic heterocycles. The topological polar surface area (TPSA) is 54.9 Å². The fraction of sp³-hybridized carbons (Fsp3) is 0.150. The molecule has 0 saturated heterocycles. The van der Waals surface area contributed by atoms with Crippen LogP contribution in [0.4, 0.5) is 18.9 Å². The molecule has 0 unspecified atom stereocenters. The number of para-hydroxylation sites is 1. The van der Waals surface area contributed by atoms with Crippen molar-refractivity contribution in [1.29, 1.82) is 0 Å². The number of aromatic nitrogens is 2. The SMILES string of the molecule is Cc1ccccc1-c1ccc(SCC(=O)Nc2ccccc2C(F)(F)F)nn1. The van der Waals surface area contributed by atoms with Crippen molar-refractivity contribution in [2.75, 3.05) is 11.1 Å². The van der Waals surface area contributed by atoms with E-state index < -0.39 is 17.6 Å². The van der Waals surface area contributed by atoms with E-state index in [0.29, 0.717) is 10.7 Å². The molecular formula is C20H16F3N3OS. The van der Waals surface area contributed by atoms with E-state index in [-0.39, 0.29) is 11.4 Å². The van der Waals surface area contributed by atoms with Crippen LogP contribution in [0.15, 0.2) is 65.7 Å². The van der Waals surface area contributed by atoms with Crippen LogP contribution in [0.3, 0.4) is 0 Å². The number of anilines is 1. The second kappa shape index (κ2) is 8.43. The largest absolute Gasteiger partial charge is 0.418 e. The molecule has 3 aromatic rings. The molecule has 0 atom stereocenters. The maximum absolute atomic E-state index is 13.0. The van der Waals surface area contributed by atoms with E-state index in [1.54, 1.807) is 12.1 Å². The molecule has 1 heterocycles. The first-order valence-corrected chi connectivity index (χ1v) is 9.32. The fourth-order valence-corrected chi connectivity index (χ4v) is 3.18. The van der Waals surface area contributed by atoms with Gasteiger partial charge in [-0.2, -0.15) is 13.2 Å². The number of amides is 1. The van der Waals surface area contributed by atoms with Gasteiger partial charge in [0.25, 0.3) is 0 Å². The lowest BCUT2D eigenvalue weighted by Gasteiger charge is -2.13. The number of thioether (sulfide) groups is 1. The Morgan fingerprint density at radius 3 is 2.39 bits per heavy atom. The fourth-order valence-electron chi connectivity index (χ4n) is 2.57. The minimum Gasteiger partial charge on any atom is -0.325 e. The smallest absolute Gasteiger partial charge is 0.325 e. The zero-order valence-corrected chi connectivity index (χ0v) is 15.6. The zero-order valence-electron chi connectivity index (χ0n) is 14.8. The third-order valence-corrected chi connectivity index (χ3v) is 4.84. The molecule has 0 fully saturated rings. The van der Waals surface area contributed by atoms with E-state index in [4.69, 9.17) is 0 Å². The van der Waals surface area contributed by atoms with Crippen molar-refractivity contribution in [3.05, 3.63) is 71.8 Å². The molecule has 0 spiro atoms. The Labute approximate surface area is 164 Å². The molecule has 0 bridgehead atoms. The quantitative estimate of drug-likeness (QED) is 0.595. The normalized spacial score (nSPS) is 11.3. The molecule has 8 heteroatoms. The van der Waals surface area contributed by atoms with Crippen molar-refractivity contribution in [3.8, 4) is 11.3 Å². The third-order valence-electron chi connectivity index (χ3n) is 3.92. The monoisotopic (exact) mass is 403 g/mol. The van der Waals surface area contributed by atoms with Crippen LogP contribution in [-0.2, 0) is 11.0 Å². The minimum atomic E-state index is -4.53. The van der Waals surface area contributed by atoms with Crippen molar-refractivity contribution in [1.82, 2.24) is 10.2 Å². The van der Waals surface area contributed by atoms with Gasteiger partial charge in [-0.05, 0) is 36.8 Å². The lowest BCUT2D eigenvalue weighted by molar-refractivity contribution is -0.137. The summed E-state index contributed by atoms with van der Waals surface area (Å²) in [7, 11) is 0. The van der Waals surface area contributed by atoms with Crippen molar-refractivity contribution in [2.45, 2.75) is 18.1 Å². The van der Waals surface area contributed by atoms with E-state index in [9.17, 15) is 18.0 Å². The number of carbonyl (C=O) groups excluding carboxylic acids is 1. The van der Waals surface area contributed by atoms with Crippen molar-refractivity contribution in [2.24, 2.45) is 0 Å². The Kier molecular flexibility index (Phi) is 5.99. The molecule has 2 aromatic carbocycles. The van der Waals surface area contributed by atoms with E-state index in [1.807, 2.05) is 31.2 Å². The van der Waals surface area contributed by atoms with E-state index >= 15 is 0 Å². The van der Waals surface area contributed by atoms with Gasteiger partial charge in [0.1, 0.15) is 5.03 Å². The lowest BCUT2D eigenvalue weighted by Crippen LogP contribution is -2.18. The Morgan fingerprint density at radius 1 is 1.00 bits per heavy atom. The predicted octanol–water partition coefficient (Wildman–Crippen LogP) is 5.20. The Bertz CT molecular complexity index is 975. The highest BCUT2D eigenvalue weighted by atomic mass is 32.2. The highest BCUT2D eigenvalue weighted by Gasteiger charge is 2.33. The van der Waals surface area contributed by atoms with Crippen LogP contribution < -0.4 is 5.32 Å². The van der Waals surface area contributed by atoms with E-state index in [1.165, 1.54) is 18.2 Å². The second-order valence-electron chi connectivity index (χ2n) is 5.95. The minimum absolute atomic E-state index is 0.0788. The predicted molar refractivity (Wildman–Crippen MR) is 103 cm³/mol. The Balaban J connectivity index is 1.62. The molecule has 1 N–H and O–H groups in total. The van der Waals surface area contributed by atoms with Crippen LogP contribution >= 0.6 is 11.8 Å². The average Bonchev–Trinajstić information content (AvgIpc) is 2.67. The Hall–Kier alpha value is -2.87. The van der Waals surface area contributed by atoms with Gasteiger partial charge in [0.2, 0.25) is 5.91 Å². The highest BCUT2D eigenvalue weighted by molar-refractivity contribution is 7.99. The van der Waals surface area contributed by atoms with Gasteiger partial charge in [0, 0.05) is 5.56 Å². The van der Waals surface area contributed by atoms with Crippen molar-refractivity contribution < 1.29 is 18.0 Å².